The number of nitrogens with zero attached hydrogens (tertiary/aromatic N) is 5. The summed E-state index contributed by atoms with van der Waals surface area (Å²) in [5, 5.41) is 0. The van der Waals surface area contributed by atoms with E-state index >= 15 is 0 Å². The molecule has 3 aliphatic heterocycles. The molecule has 0 N–H and O–H groups in total. The van der Waals surface area contributed by atoms with Crippen LogP contribution in [-0.2, 0) is 9.53 Å². The van der Waals surface area contributed by atoms with Crippen molar-refractivity contribution in [1.29, 1.82) is 0 Å². The molecule has 0 aliphatic carbocycles. The fourth-order valence-electron chi connectivity index (χ4n) is 4.27. The maximum absolute atomic E-state index is 13.0. The van der Waals surface area contributed by atoms with Crippen molar-refractivity contribution in [3.8, 4) is 0 Å². The van der Waals surface area contributed by atoms with Gasteiger partial charge >= 0.3 is 0 Å². The summed E-state index contributed by atoms with van der Waals surface area (Å²) in [7, 11) is 0. The number of carbonyl (C=O) groups is 2. The molecule has 124 valence electrons. The van der Waals surface area contributed by atoms with Crippen molar-refractivity contribution < 1.29 is 14.3 Å². The first-order valence-electron chi connectivity index (χ1n) is 8.24. The molecule has 3 fully saturated rings. The fourth-order valence-corrected chi connectivity index (χ4v) is 4.27. The molecule has 2 aromatic heterocycles. The van der Waals surface area contributed by atoms with Gasteiger partial charge in [0.05, 0.1) is 19.1 Å². The van der Waals surface area contributed by atoms with Gasteiger partial charge in [0.15, 0.2) is 5.72 Å². The van der Waals surface area contributed by atoms with E-state index in [1.807, 2.05) is 11.1 Å². The number of hydrogen-bond acceptors (Lipinski definition) is 5. The third kappa shape index (κ3) is 1.71. The average Bonchev–Trinajstić information content (AvgIpc) is 3.24. The van der Waals surface area contributed by atoms with E-state index in [1.54, 1.807) is 27.8 Å². The van der Waals surface area contributed by atoms with Gasteiger partial charge < -0.3 is 14.5 Å². The van der Waals surface area contributed by atoms with E-state index in [0.717, 1.165) is 13.0 Å². The first kappa shape index (κ1) is 13.9. The van der Waals surface area contributed by atoms with Gasteiger partial charge in [-0.1, -0.05) is 0 Å². The van der Waals surface area contributed by atoms with E-state index < -0.39 is 5.72 Å². The first-order valence-corrected chi connectivity index (χ1v) is 8.24. The van der Waals surface area contributed by atoms with Gasteiger partial charge in [0.2, 0.25) is 11.7 Å². The highest BCUT2D eigenvalue weighted by atomic mass is 16.5. The van der Waals surface area contributed by atoms with Gasteiger partial charge in [0.1, 0.15) is 5.69 Å². The molecule has 1 spiro atoms. The Labute approximate surface area is 138 Å². The minimum absolute atomic E-state index is 0.0777. The minimum atomic E-state index is -0.623. The SMILES string of the molecule is O=C(c1cn2cccnc2n1)N1CC[C@@]23OCCCN2C(=O)C[C@@H]13. The highest BCUT2D eigenvalue weighted by molar-refractivity contribution is 5.94. The molecule has 3 saturated heterocycles. The van der Waals surface area contributed by atoms with E-state index in [4.69, 9.17) is 4.74 Å². The summed E-state index contributed by atoms with van der Waals surface area (Å²) >= 11 is 0. The molecule has 8 heteroatoms. The highest BCUT2D eigenvalue weighted by Gasteiger charge is 2.61. The van der Waals surface area contributed by atoms with Crippen molar-refractivity contribution in [3.05, 3.63) is 30.4 Å². The third-order valence-corrected chi connectivity index (χ3v) is 5.33. The van der Waals surface area contributed by atoms with Crippen LogP contribution in [0.25, 0.3) is 5.78 Å². The largest absolute Gasteiger partial charge is 0.353 e. The van der Waals surface area contributed by atoms with Crippen LogP contribution in [-0.4, -0.2) is 67.4 Å². The summed E-state index contributed by atoms with van der Waals surface area (Å²) in [4.78, 5) is 37.4. The Morgan fingerprint density at radius 1 is 1.38 bits per heavy atom. The lowest BCUT2D eigenvalue weighted by Gasteiger charge is -2.42. The van der Waals surface area contributed by atoms with Crippen molar-refractivity contribution >= 4 is 17.6 Å². The van der Waals surface area contributed by atoms with Crippen LogP contribution in [0, 0.1) is 0 Å². The van der Waals surface area contributed by atoms with Gasteiger partial charge in [-0.15, -0.1) is 0 Å². The van der Waals surface area contributed by atoms with Crippen LogP contribution in [0.2, 0.25) is 0 Å². The number of ether oxygens (including phenoxy) is 1. The number of aromatic nitrogens is 3. The Morgan fingerprint density at radius 2 is 2.29 bits per heavy atom. The Balaban J connectivity index is 1.49. The van der Waals surface area contributed by atoms with Crippen molar-refractivity contribution in [1.82, 2.24) is 24.2 Å². The zero-order valence-electron chi connectivity index (χ0n) is 13.1. The molecule has 0 bridgehead atoms. The summed E-state index contributed by atoms with van der Waals surface area (Å²) in [6, 6.07) is 1.56. The van der Waals surface area contributed by atoms with Gasteiger partial charge in [0.25, 0.3) is 5.91 Å². The fraction of sp³-hybridized carbons (Fsp3) is 0.500. The van der Waals surface area contributed by atoms with Gasteiger partial charge in [-0.2, -0.15) is 0 Å². The summed E-state index contributed by atoms with van der Waals surface area (Å²) < 4.78 is 7.76. The van der Waals surface area contributed by atoms with Crippen molar-refractivity contribution in [2.24, 2.45) is 0 Å². The van der Waals surface area contributed by atoms with Gasteiger partial charge in [-0.3, -0.25) is 14.0 Å². The predicted molar refractivity (Wildman–Crippen MR) is 82.1 cm³/mol. The smallest absolute Gasteiger partial charge is 0.274 e. The zero-order chi connectivity index (χ0) is 16.3. The lowest BCUT2D eigenvalue weighted by atomic mass is 10.0. The van der Waals surface area contributed by atoms with Gasteiger partial charge in [-0.25, -0.2) is 9.97 Å². The molecule has 8 nitrogen and oxygen atoms in total. The third-order valence-electron chi connectivity index (χ3n) is 5.33. The van der Waals surface area contributed by atoms with Crippen LogP contribution >= 0.6 is 0 Å². The minimum Gasteiger partial charge on any atom is -0.353 e. The maximum Gasteiger partial charge on any atom is 0.274 e. The Bertz CT molecular complexity index is 816. The van der Waals surface area contributed by atoms with E-state index in [9.17, 15) is 9.59 Å². The Morgan fingerprint density at radius 3 is 3.17 bits per heavy atom. The molecule has 0 aromatic carbocycles. The second-order valence-electron chi connectivity index (χ2n) is 6.51. The number of fused-ring (bicyclic) bond motifs is 1. The molecular weight excluding hydrogens is 310 g/mol. The highest BCUT2D eigenvalue weighted by Crippen LogP contribution is 2.45. The molecule has 2 amide bonds. The quantitative estimate of drug-likeness (QED) is 0.752. The Hall–Kier alpha value is -2.48. The van der Waals surface area contributed by atoms with Crippen LogP contribution in [0.3, 0.4) is 0 Å². The molecule has 5 rings (SSSR count). The molecular formula is C16H17N5O3. The van der Waals surface area contributed by atoms with Crippen molar-refractivity contribution in [2.45, 2.75) is 31.0 Å². The van der Waals surface area contributed by atoms with E-state index in [2.05, 4.69) is 9.97 Å². The second kappa shape index (κ2) is 4.76. The molecule has 24 heavy (non-hydrogen) atoms. The average molecular weight is 327 g/mol. The van der Waals surface area contributed by atoms with Crippen LogP contribution in [0.15, 0.2) is 24.7 Å². The lowest BCUT2D eigenvalue weighted by Crippen LogP contribution is -2.56. The normalized spacial score (nSPS) is 29.2. The van der Waals surface area contributed by atoms with Crippen LogP contribution in [0.5, 0.6) is 0 Å². The van der Waals surface area contributed by atoms with Crippen molar-refractivity contribution in [2.75, 3.05) is 19.7 Å². The van der Waals surface area contributed by atoms with E-state index in [-0.39, 0.29) is 17.9 Å². The van der Waals surface area contributed by atoms with E-state index in [1.165, 1.54) is 0 Å². The summed E-state index contributed by atoms with van der Waals surface area (Å²) in [5.74, 6) is 0.410. The lowest BCUT2D eigenvalue weighted by molar-refractivity contribution is -0.179. The van der Waals surface area contributed by atoms with Crippen LogP contribution in [0.4, 0.5) is 0 Å². The number of likely N-dealkylation sites (tertiary alicyclic amines) is 1. The monoisotopic (exact) mass is 327 g/mol. The van der Waals surface area contributed by atoms with Crippen molar-refractivity contribution in [3.63, 3.8) is 0 Å². The van der Waals surface area contributed by atoms with Gasteiger partial charge in [-0.05, 0) is 12.5 Å². The maximum atomic E-state index is 13.0. The first-order chi connectivity index (χ1) is 11.7. The molecule has 2 atom stereocenters. The summed E-state index contributed by atoms with van der Waals surface area (Å²) in [6.45, 7) is 1.94. The molecule has 0 radical (unpaired) electrons. The van der Waals surface area contributed by atoms with Crippen LogP contribution in [0.1, 0.15) is 29.8 Å². The zero-order valence-corrected chi connectivity index (χ0v) is 13.1. The number of hydrogen-bond donors (Lipinski definition) is 0. The van der Waals surface area contributed by atoms with E-state index in [0.29, 0.717) is 37.5 Å². The number of carbonyl (C=O) groups excluding carboxylic acids is 2. The number of rotatable bonds is 1. The number of imidazole rings is 1. The standard InChI is InChI=1S/C16H17N5O3/c22-13-9-12-16(21(13)6-2-8-24-16)3-7-20(12)14(23)11-10-19-5-1-4-17-15(19)18-11/h1,4-5,10,12H,2-3,6-9H2/t12-,16+/m1/s1. The molecule has 0 saturated carbocycles. The summed E-state index contributed by atoms with van der Waals surface area (Å²) in [5.41, 5.74) is -0.268. The van der Waals surface area contributed by atoms with Gasteiger partial charge in [0, 0.05) is 38.1 Å². The Kier molecular flexibility index (Phi) is 2.76. The molecule has 5 heterocycles. The molecule has 0 unspecified atom stereocenters. The summed E-state index contributed by atoms with van der Waals surface area (Å²) in [6.07, 6.45) is 6.99. The second-order valence-corrected chi connectivity index (χ2v) is 6.51. The topological polar surface area (TPSA) is 80.0 Å². The van der Waals surface area contributed by atoms with Crippen LogP contribution < -0.4 is 0 Å². The molecule has 2 aromatic rings. The number of amides is 2. The molecule has 3 aliphatic rings. The predicted octanol–water partition coefficient (Wildman–Crippen LogP) is 0.293.